The largest absolute Gasteiger partial charge is 0.260 e. The fraction of sp³-hybridized carbons (Fsp3) is 0.364. The Morgan fingerprint density at radius 1 is 1.50 bits per heavy atom. The second kappa shape index (κ2) is 2.74. The van der Waals surface area contributed by atoms with Crippen molar-refractivity contribution >= 4 is 6.08 Å². The second-order valence-electron chi connectivity index (χ2n) is 3.59. The summed E-state index contributed by atoms with van der Waals surface area (Å²) >= 11 is 0. The minimum absolute atomic E-state index is 0.646. The quantitative estimate of drug-likeness (QED) is 0.567. The van der Waals surface area contributed by atoms with Gasteiger partial charge in [-0.3, -0.25) is 4.98 Å². The van der Waals surface area contributed by atoms with Crippen molar-refractivity contribution in [2.24, 2.45) is 5.92 Å². The summed E-state index contributed by atoms with van der Waals surface area (Å²) in [6.45, 7) is 4.31. The van der Waals surface area contributed by atoms with Crippen LogP contribution in [0, 0.1) is 12.8 Å². The first-order valence-electron chi connectivity index (χ1n) is 4.39. The van der Waals surface area contributed by atoms with Crippen LogP contribution in [0.25, 0.3) is 6.08 Å². The van der Waals surface area contributed by atoms with Crippen molar-refractivity contribution in [3.8, 4) is 0 Å². The normalized spacial score (nSPS) is 20.7. The van der Waals surface area contributed by atoms with Gasteiger partial charge in [0.1, 0.15) is 0 Å². The minimum atomic E-state index is 0.646. The molecule has 0 saturated carbocycles. The van der Waals surface area contributed by atoms with Crippen molar-refractivity contribution in [2.75, 3.05) is 0 Å². The van der Waals surface area contributed by atoms with Crippen LogP contribution >= 0.6 is 0 Å². The summed E-state index contributed by atoms with van der Waals surface area (Å²) in [6, 6.07) is 2.20. The molecule has 1 heteroatoms. The molecule has 2 rings (SSSR count). The van der Waals surface area contributed by atoms with Crippen LogP contribution in [-0.2, 0) is 6.42 Å². The molecular weight excluding hydrogens is 146 g/mol. The number of hydrogen-bond acceptors (Lipinski definition) is 1. The molecule has 1 nitrogen and oxygen atoms in total. The number of pyridine rings is 1. The summed E-state index contributed by atoms with van der Waals surface area (Å²) in [5, 5.41) is 0. The highest BCUT2D eigenvalue weighted by atomic mass is 14.7. The first-order valence-corrected chi connectivity index (χ1v) is 4.39. The molecule has 1 unspecified atom stereocenters. The van der Waals surface area contributed by atoms with Gasteiger partial charge in [-0.25, -0.2) is 0 Å². The highest BCUT2D eigenvalue weighted by Gasteiger charge is 2.10. The molecule has 0 N–H and O–H groups in total. The maximum absolute atomic E-state index is 4.42. The van der Waals surface area contributed by atoms with Gasteiger partial charge >= 0.3 is 0 Å². The molecule has 0 spiro atoms. The van der Waals surface area contributed by atoms with E-state index in [0.717, 1.165) is 6.42 Å². The number of nitrogens with zero attached hydrogens (tertiary/aromatic N) is 1. The zero-order valence-corrected chi connectivity index (χ0v) is 7.54. The van der Waals surface area contributed by atoms with Crippen molar-refractivity contribution in [2.45, 2.75) is 20.3 Å². The predicted molar refractivity (Wildman–Crippen MR) is 50.9 cm³/mol. The van der Waals surface area contributed by atoms with Gasteiger partial charge in [-0.15, -0.1) is 0 Å². The monoisotopic (exact) mass is 159 g/mol. The number of rotatable bonds is 0. The van der Waals surface area contributed by atoms with Gasteiger partial charge < -0.3 is 0 Å². The van der Waals surface area contributed by atoms with Gasteiger partial charge in [0.2, 0.25) is 0 Å². The van der Waals surface area contributed by atoms with Crippen LogP contribution in [0.2, 0.25) is 0 Å². The van der Waals surface area contributed by atoms with E-state index in [1.807, 2.05) is 6.20 Å². The molecule has 1 heterocycles. The summed E-state index contributed by atoms with van der Waals surface area (Å²) in [5.41, 5.74) is 3.79. The Bertz CT molecular complexity index is 326. The van der Waals surface area contributed by atoms with Gasteiger partial charge in [-0.05, 0) is 36.5 Å². The molecule has 0 fully saturated rings. The van der Waals surface area contributed by atoms with E-state index in [-0.39, 0.29) is 0 Å². The van der Waals surface area contributed by atoms with E-state index in [4.69, 9.17) is 0 Å². The van der Waals surface area contributed by atoms with Gasteiger partial charge in [0.15, 0.2) is 0 Å². The third-order valence-electron chi connectivity index (χ3n) is 2.26. The molecule has 0 amide bonds. The predicted octanol–water partition coefficient (Wildman–Crippen LogP) is 2.60. The maximum Gasteiger partial charge on any atom is 0.0481 e. The van der Waals surface area contributed by atoms with Crippen molar-refractivity contribution in [1.29, 1.82) is 0 Å². The van der Waals surface area contributed by atoms with Crippen LogP contribution in [-0.4, -0.2) is 4.98 Å². The third-order valence-corrected chi connectivity index (χ3v) is 2.26. The molecule has 62 valence electrons. The van der Waals surface area contributed by atoms with Gasteiger partial charge in [-0.1, -0.05) is 19.1 Å². The Morgan fingerprint density at radius 2 is 2.33 bits per heavy atom. The lowest BCUT2D eigenvalue weighted by Gasteiger charge is -2.14. The van der Waals surface area contributed by atoms with Crippen molar-refractivity contribution in [3.63, 3.8) is 0 Å². The van der Waals surface area contributed by atoms with E-state index in [1.54, 1.807) is 0 Å². The van der Waals surface area contributed by atoms with E-state index in [0.29, 0.717) is 5.92 Å². The number of aromatic nitrogens is 1. The van der Waals surface area contributed by atoms with Gasteiger partial charge in [0.25, 0.3) is 0 Å². The lowest BCUT2D eigenvalue weighted by atomic mass is 9.94. The first-order chi connectivity index (χ1) is 5.75. The fourth-order valence-corrected chi connectivity index (χ4v) is 1.58. The Labute approximate surface area is 73.1 Å². The zero-order valence-electron chi connectivity index (χ0n) is 7.54. The average Bonchev–Trinajstić information content (AvgIpc) is 2.05. The molecule has 0 bridgehead atoms. The molecule has 1 aliphatic carbocycles. The molecule has 12 heavy (non-hydrogen) atoms. The molecule has 0 aromatic carbocycles. The molecule has 1 atom stereocenters. The number of allylic oxidation sites excluding steroid dienone is 1. The SMILES string of the molecule is Cc1cnc2c(c1)C=CC(C)C2. The molecule has 0 radical (unpaired) electrons. The lowest BCUT2D eigenvalue weighted by Crippen LogP contribution is -2.05. The van der Waals surface area contributed by atoms with Crippen LogP contribution in [0.1, 0.15) is 23.7 Å². The van der Waals surface area contributed by atoms with E-state index in [2.05, 4.69) is 37.0 Å². The van der Waals surface area contributed by atoms with Crippen LogP contribution in [0.5, 0.6) is 0 Å². The topological polar surface area (TPSA) is 12.9 Å². The first kappa shape index (κ1) is 7.53. The molecule has 0 aliphatic heterocycles. The molecule has 1 aliphatic rings. The summed E-state index contributed by atoms with van der Waals surface area (Å²) in [5.74, 6) is 0.646. The van der Waals surface area contributed by atoms with Gasteiger partial charge in [0.05, 0.1) is 0 Å². The second-order valence-corrected chi connectivity index (χ2v) is 3.59. The Hall–Kier alpha value is -1.11. The summed E-state index contributed by atoms with van der Waals surface area (Å²) in [6.07, 6.45) is 7.48. The van der Waals surface area contributed by atoms with Crippen molar-refractivity contribution in [3.05, 3.63) is 35.2 Å². The summed E-state index contributed by atoms with van der Waals surface area (Å²) in [7, 11) is 0. The number of aryl methyl sites for hydroxylation is 1. The van der Waals surface area contributed by atoms with E-state index in [9.17, 15) is 0 Å². The number of fused-ring (bicyclic) bond motifs is 1. The molecule has 1 aromatic rings. The van der Waals surface area contributed by atoms with Gasteiger partial charge in [0, 0.05) is 11.9 Å². The zero-order chi connectivity index (χ0) is 8.55. The van der Waals surface area contributed by atoms with E-state index in [1.165, 1.54) is 16.8 Å². The molecule has 1 aromatic heterocycles. The number of hydrogen-bond donors (Lipinski definition) is 0. The molecular formula is C11H13N. The van der Waals surface area contributed by atoms with Crippen LogP contribution < -0.4 is 0 Å². The highest BCUT2D eigenvalue weighted by molar-refractivity contribution is 5.55. The molecule has 0 saturated heterocycles. The Balaban J connectivity index is 2.47. The minimum Gasteiger partial charge on any atom is -0.260 e. The van der Waals surface area contributed by atoms with E-state index < -0.39 is 0 Å². The van der Waals surface area contributed by atoms with E-state index >= 15 is 0 Å². The lowest BCUT2D eigenvalue weighted by molar-refractivity contribution is 0.698. The van der Waals surface area contributed by atoms with Crippen LogP contribution in [0.3, 0.4) is 0 Å². The standard InChI is InChI=1S/C11H13N/c1-8-3-4-10-5-9(2)7-12-11(10)6-8/h3-5,7-8H,6H2,1-2H3. The Morgan fingerprint density at radius 3 is 3.17 bits per heavy atom. The smallest absolute Gasteiger partial charge is 0.0481 e. The van der Waals surface area contributed by atoms with Crippen LogP contribution in [0.4, 0.5) is 0 Å². The van der Waals surface area contributed by atoms with Crippen molar-refractivity contribution in [1.82, 2.24) is 4.98 Å². The Kier molecular flexibility index (Phi) is 1.72. The third kappa shape index (κ3) is 1.27. The fourth-order valence-electron chi connectivity index (χ4n) is 1.58. The maximum atomic E-state index is 4.42. The highest BCUT2D eigenvalue weighted by Crippen LogP contribution is 2.21. The van der Waals surface area contributed by atoms with Crippen molar-refractivity contribution < 1.29 is 0 Å². The summed E-state index contributed by atoms with van der Waals surface area (Å²) < 4.78 is 0. The summed E-state index contributed by atoms with van der Waals surface area (Å²) in [4.78, 5) is 4.42. The average molecular weight is 159 g/mol. The van der Waals surface area contributed by atoms with Gasteiger partial charge in [-0.2, -0.15) is 0 Å². The van der Waals surface area contributed by atoms with Crippen LogP contribution in [0.15, 0.2) is 18.3 Å².